The van der Waals surface area contributed by atoms with E-state index in [2.05, 4.69) is 25.6 Å². The van der Waals surface area contributed by atoms with Crippen LogP contribution in [0.25, 0.3) is 56.0 Å². The van der Waals surface area contributed by atoms with E-state index in [-0.39, 0.29) is 24.6 Å². The maximum Gasteiger partial charge on any atom is 0.325 e. The molecule has 0 radical (unpaired) electrons. The molecule has 45 heavy (non-hydrogen) atoms. The highest BCUT2D eigenvalue weighted by Gasteiger charge is 2.30. The van der Waals surface area contributed by atoms with E-state index < -0.39 is 12.2 Å². The number of ether oxygens (including phenoxy) is 1. The summed E-state index contributed by atoms with van der Waals surface area (Å²) >= 11 is 0. The summed E-state index contributed by atoms with van der Waals surface area (Å²) in [6, 6.07) is 11.0. The van der Waals surface area contributed by atoms with Crippen LogP contribution < -0.4 is 16.2 Å². The lowest BCUT2D eigenvalue weighted by atomic mass is 10.0. The van der Waals surface area contributed by atoms with Gasteiger partial charge in [0.1, 0.15) is 23.1 Å². The minimum Gasteiger partial charge on any atom is -0.494 e. The molecule has 1 amide bonds. The first-order valence-electron chi connectivity index (χ1n) is 15.1. The average Bonchev–Trinajstić information content (AvgIpc) is 3.53. The van der Waals surface area contributed by atoms with Gasteiger partial charge in [-0.05, 0) is 61.6 Å². The summed E-state index contributed by atoms with van der Waals surface area (Å²) < 4.78 is 24.2. The third kappa shape index (κ3) is 4.74. The van der Waals surface area contributed by atoms with Gasteiger partial charge in [0.2, 0.25) is 0 Å². The van der Waals surface area contributed by atoms with E-state index >= 15 is 0 Å². The maximum atomic E-state index is 14.3. The SMILES string of the molecule is COc1cc(C(=O)N2C[C@H](N)C[C@@H](F)C2)cc2nc(-c3cc4ccc(-c5cnc6[nH]c(=O)[nH]c6c5)nc4n3CC3CC3)n(C)c12. The quantitative estimate of drug-likeness (QED) is 0.260. The number of amides is 1. The summed E-state index contributed by atoms with van der Waals surface area (Å²) in [5.74, 6) is 1.48. The Balaban J connectivity index is 1.24. The number of hydrogen-bond acceptors (Lipinski definition) is 7. The fourth-order valence-electron chi connectivity index (χ4n) is 6.52. The number of aryl methyl sites for hydroxylation is 1. The Morgan fingerprint density at radius 1 is 1.13 bits per heavy atom. The van der Waals surface area contributed by atoms with Gasteiger partial charge in [0.15, 0.2) is 11.5 Å². The zero-order valence-electron chi connectivity index (χ0n) is 24.9. The standard InChI is InChI=1S/C32H32FN9O3/c1-40-27-23(7-18(10-26(27)45-2)31(43)41-14-20(33)11-21(34)15-41)37-30(40)25-9-17-5-6-22(36-29(17)42(25)13-16-3-4-16)19-8-24-28(35-12-19)39-32(44)38-24/h5-10,12,16,20-21H,3-4,11,13-15,34H2,1-2H3,(H2,35,38,39,44)/t20-,21-/m1/s1. The van der Waals surface area contributed by atoms with Gasteiger partial charge in [-0.3, -0.25) is 9.78 Å². The molecule has 5 aromatic heterocycles. The molecule has 1 aliphatic heterocycles. The molecule has 6 aromatic rings. The van der Waals surface area contributed by atoms with Gasteiger partial charge in [-0.25, -0.2) is 24.1 Å². The Morgan fingerprint density at radius 2 is 1.98 bits per heavy atom. The first-order valence-corrected chi connectivity index (χ1v) is 15.1. The van der Waals surface area contributed by atoms with Crippen molar-refractivity contribution >= 4 is 39.1 Å². The van der Waals surface area contributed by atoms with Crippen molar-refractivity contribution in [2.24, 2.45) is 18.7 Å². The van der Waals surface area contributed by atoms with Crippen molar-refractivity contribution in [2.45, 2.75) is 38.0 Å². The molecule has 0 bridgehead atoms. The van der Waals surface area contributed by atoms with Crippen LogP contribution in [-0.2, 0) is 13.6 Å². The minimum absolute atomic E-state index is 0.0175. The highest BCUT2D eigenvalue weighted by molar-refractivity contribution is 6.00. The van der Waals surface area contributed by atoms with Crippen molar-refractivity contribution in [3.05, 3.63) is 58.6 Å². The Hall–Kier alpha value is -5.04. The van der Waals surface area contributed by atoms with Crippen LogP contribution in [0.2, 0.25) is 0 Å². The number of likely N-dealkylation sites (tertiary alicyclic amines) is 1. The molecule has 13 heteroatoms. The Bertz CT molecular complexity index is 2180. The number of nitrogens with two attached hydrogens (primary N) is 1. The molecule has 8 rings (SSSR count). The van der Waals surface area contributed by atoms with Crippen molar-refractivity contribution in [1.29, 1.82) is 0 Å². The van der Waals surface area contributed by atoms with Crippen molar-refractivity contribution in [3.63, 3.8) is 0 Å². The summed E-state index contributed by atoms with van der Waals surface area (Å²) in [4.78, 5) is 46.6. The molecule has 0 spiro atoms. The van der Waals surface area contributed by atoms with Gasteiger partial charge in [-0.15, -0.1) is 0 Å². The number of carbonyl (C=O) groups is 1. The van der Waals surface area contributed by atoms with E-state index in [1.54, 1.807) is 25.4 Å². The second kappa shape index (κ2) is 10.3. The second-order valence-corrected chi connectivity index (χ2v) is 12.2. The van der Waals surface area contributed by atoms with E-state index in [9.17, 15) is 14.0 Å². The lowest BCUT2D eigenvalue weighted by molar-refractivity contribution is 0.0606. The number of nitrogens with one attached hydrogen (secondary N) is 2. The van der Waals surface area contributed by atoms with Crippen LogP contribution in [0.1, 0.15) is 29.6 Å². The third-order valence-corrected chi connectivity index (χ3v) is 8.89. The molecule has 0 unspecified atom stereocenters. The molecule has 1 saturated heterocycles. The molecule has 2 aliphatic rings. The van der Waals surface area contributed by atoms with E-state index in [1.807, 2.05) is 29.8 Å². The van der Waals surface area contributed by atoms with Gasteiger partial charge in [0, 0.05) is 48.9 Å². The van der Waals surface area contributed by atoms with Crippen LogP contribution in [0.5, 0.6) is 5.75 Å². The van der Waals surface area contributed by atoms with Crippen LogP contribution >= 0.6 is 0 Å². The van der Waals surface area contributed by atoms with Gasteiger partial charge in [0.05, 0.1) is 36.1 Å². The number of benzene rings is 1. The van der Waals surface area contributed by atoms with Crippen molar-refractivity contribution in [2.75, 3.05) is 20.2 Å². The third-order valence-electron chi connectivity index (χ3n) is 8.89. The normalized spacial score (nSPS) is 18.8. The van der Waals surface area contributed by atoms with Crippen LogP contribution in [0.3, 0.4) is 0 Å². The van der Waals surface area contributed by atoms with Crippen molar-refractivity contribution < 1.29 is 13.9 Å². The Labute approximate surface area is 256 Å². The zero-order chi connectivity index (χ0) is 31.0. The van der Waals surface area contributed by atoms with E-state index in [1.165, 1.54) is 4.90 Å². The van der Waals surface area contributed by atoms with Gasteiger partial charge >= 0.3 is 5.69 Å². The van der Waals surface area contributed by atoms with E-state index in [4.69, 9.17) is 20.4 Å². The smallest absolute Gasteiger partial charge is 0.325 e. The highest BCUT2D eigenvalue weighted by Crippen LogP contribution is 2.38. The molecule has 1 aromatic carbocycles. The fraction of sp³-hybridized carbons (Fsp3) is 0.344. The Morgan fingerprint density at radius 3 is 2.76 bits per heavy atom. The highest BCUT2D eigenvalue weighted by atomic mass is 19.1. The summed E-state index contributed by atoms with van der Waals surface area (Å²) in [5, 5.41) is 0.968. The van der Waals surface area contributed by atoms with Crippen LogP contribution in [0.4, 0.5) is 4.39 Å². The van der Waals surface area contributed by atoms with Crippen molar-refractivity contribution in [1.82, 2.24) is 39.0 Å². The number of fused-ring (bicyclic) bond motifs is 3. The van der Waals surface area contributed by atoms with E-state index in [0.717, 1.165) is 52.9 Å². The summed E-state index contributed by atoms with van der Waals surface area (Å²) in [6.45, 7) is 1.11. The number of piperidine rings is 1. The first kappa shape index (κ1) is 27.5. The predicted molar refractivity (Wildman–Crippen MR) is 168 cm³/mol. The molecule has 6 heterocycles. The number of aromatic nitrogens is 7. The number of hydrogen-bond donors (Lipinski definition) is 3. The monoisotopic (exact) mass is 609 g/mol. The molecule has 2 fully saturated rings. The number of alkyl halides is 1. The van der Waals surface area contributed by atoms with Crippen molar-refractivity contribution in [3.8, 4) is 28.5 Å². The average molecular weight is 610 g/mol. The number of pyridine rings is 2. The van der Waals surface area contributed by atoms with Crippen LogP contribution in [-0.4, -0.2) is 77.3 Å². The maximum absolute atomic E-state index is 14.3. The molecule has 12 nitrogen and oxygen atoms in total. The number of methoxy groups -OCH3 is 1. The predicted octanol–water partition coefficient (Wildman–Crippen LogP) is 3.75. The second-order valence-electron chi connectivity index (χ2n) is 12.2. The van der Waals surface area contributed by atoms with E-state index in [0.29, 0.717) is 46.3 Å². The largest absolute Gasteiger partial charge is 0.494 e. The molecular formula is C32H32FN9O3. The number of H-pyrrole nitrogens is 2. The molecule has 2 atom stereocenters. The minimum atomic E-state index is -1.15. The van der Waals surface area contributed by atoms with Gasteiger partial charge in [0.25, 0.3) is 5.91 Å². The summed E-state index contributed by atoms with van der Waals surface area (Å²) in [5.41, 5.74) is 11.8. The fourth-order valence-corrected chi connectivity index (χ4v) is 6.52. The molecule has 4 N–H and O–H groups in total. The zero-order valence-corrected chi connectivity index (χ0v) is 24.9. The number of rotatable bonds is 6. The molecule has 1 saturated carbocycles. The number of nitrogens with zero attached hydrogens (tertiary/aromatic N) is 6. The lowest BCUT2D eigenvalue weighted by Gasteiger charge is -2.33. The van der Waals surface area contributed by atoms with Gasteiger partial charge < -0.3 is 29.5 Å². The van der Waals surface area contributed by atoms with Crippen LogP contribution in [0, 0.1) is 5.92 Å². The molecule has 1 aliphatic carbocycles. The van der Waals surface area contributed by atoms with Crippen LogP contribution in [0.15, 0.2) is 47.4 Å². The topological polar surface area (TPSA) is 153 Å². The Kier molecular flexibility index (Phi) is 6.27. The summed E-state index contributed by atoms with van der Waals surface area (Å²) in [7, 11) is 3.50. The molecular weight excluding hydrogens is 577 g/mol. The summed E-state index contributed by atoms with van der Waals surface area (Å²) in [6.07, 6.45) is 3.12. The number of aromatic amines is 2. The lowest BCUT2D eigenvalue weighted by Crippen LogP contribution is -2.50. The van der Waals surface area contributed by atoms with Gasteiger partial charge in [-0.2, -0.15) is 0 Å². The molecule has 230 valence electrons. The number of halogens is 1. The van der Waals surface area contributed by atoms with Gasteiger partial charge in [-0.1, -0.05) is 0 Å². The number of imidazole rings is 2. The number of carbonyl (C=O) groups excluding carboxylic acids is 1. The first-order chi connectivity index (χ1) is 21.7.